The Morgan fingerprint density at radius 2 is 1.91 bits per heavy atom. The van der Waals surface area contributed by atoms with Crippen LogP contribution in [-0.4, -0.2) is 22.6 Å². The number of anilines is 1. The van der Waals surface area contributed by atoms with E-state index in [1.807, 2.05) is 6.07 Å². The Hall–Kier alpha value is -3.66. The van der Waals surface area contributed by atoms with Crippen LogP contribution in [-0.2, 0) is 0 Å². The number of rotatable bonds is 5. The highest BCUT2D eigenvalue weighted by Gasteiger charge is 2.05. The highest BCUT2D eigenvalue weighted by atomic mass is 16.4. The fourth-order valence-corrected chi connectivity index (χ4v) is 1.83. The third-order valence-electron chi connectivity index (χ3n) is 2.99. The minimum atomic E-state index is -0.979. The van der Waals surface area contributed by atoms with E-state index in [0.29, 0.717) is 5.69 Å². The molecule has 23 heavy (non-hydrogen) atoms. The molecule has 0 amide bonds. The van der Waals surface area contributed by atoms with Gasteiger partial charge in [-0.2, -0.15) is 10.4 Å². The van der Waals surface area contributed by atoms with Crippen LogP contribution in [0.3, 0.4) is 0 Å². The molecule has 0 aliphatic heterocycles. The molecule has 0 unspecified atom stereocenters. The average Bonchev–Trinajstić information content (AvgIpc) is 2.56. The van der Waals surface area contributed by atoms with Gasteiger partial charge in [0.1, 0.15) is 6.07 Å². The summed E-state index contributed by atoms with van der Waals surface area (Å²) in [5, 5.41) is 28.6. The van der Waals surface area contributed by atoms with Gasteiger partial charge in [0, 0.05) is 0 Å². The van der Waals surface area contributed by atoms with Crippen LogP contribution < -0.4 is 11.2 Å². The van der Waals surface area contributed by atoms with E-state index in [4.69, 9.17) is 21.5 Å². The van der Waals surface area contributed by atoms with Crippen LogP contribution in [0.1, 0.15) is 10.4 Å². The van der Waals surface area contributed by atoms with Gasteiger partial charge in [0.15, 0.2) is 5.84 Å². The lowest BCUT2D eigenvalue weighted by Gasteiger charge is -2.05. The molecule has 0 aromatic heterocycles. The Morgan fingerprint density at radius 1 is 1.22 bits per heavy atom. The topological polar surface area (TPSA) is 135 Å². The molecule has 0 aliphatic rings. The van der Waals surface area contributed by atoms with Crippen molar-refractivity contribution in [3.8, 4) is 17.2 Å². The first-order chi connectivity index (χ1) is 11.0. The van der Waals surface area contributed by atoms with Crippen LogP contribution in [0.5, 0.6) is 0 Å². The molecule has 7 heteroatoms. The number of nitriles is 1. The number of nitrogens with two attached hydrogens (primary N) is 1. The summed E-state index contributed by atoms with van der Waals surface area (Å²) in [6, 6.07) is 15.4. The molecule has 0 atom stereocenters. The second kappa shape index (κ2) is 6.87. The number of nitrogens with one attached hydrogen (secondary N) is 2. The minimum Gasteiger partial charge on any atom is -0.478 e. The zero-order chi connectivity index (χ0) is 16.8. The molecule has 0 saturated carbocycles. The lowest BCUT2D eigenvalue weighted by molar-refractivity contribution is 0.0697. The molecule has 7 nitrogen and oxygen atoms in total. The highest BCUT2D eigenvalue weighted by molar-refractivity contribution is 6.45. The SMILES string of the molecule is N#C/C(=N\Nc1ccc(-c2cccc(C(=O)O)c2)cc1)C(=N)N. The van der Waals surface area contributed by atoms with E-state index in [1.54, 1.807) is 42.5 Å². The molecule has 5 N–H and O–H groups in total. The van der Waals surface area contributed by atoms with Gasteiger partial charge in [-0.3, -0.25) is 10.8 Å². The zero-order valence-corrected chi connectivity index (χ0v) is 11.9. The van der Waals surface area contributed by atoms with Crippen LogP contribution in [0.2, 0.25) is 0 Å². The van der Waals surface area contributed by atoms with Gasteiger partial charge in [-0.1, -0.05) is 24.3 Å². The van der Waals surface area contributed by atoms with Crippen LogP contribution in [0.15, 0.2) is 53.6 Å². The molecular formula is C16H13N5O2. The summed E-state index contributed by atoms with van der Waals surface area (Å²) < 4.78 is 0. The molecule has 0 fully saturated rings. The number of benzene rings is 2. The molecule has 114 valence electrons. The number of hydrogen-bond acceptors (Lipinski definition) is 5. The summed E-state index contributed by atoms with van der Waals surface area (Å²) >= 11 is 0. The van der Waals surface area contributed by atoms with Crippen molar-refractivity contribution in [2.75, 3.05) is 5.43 Å². The summed E-state index contributed by atoms with van der Waals surface area (Å²) in [4.78, 5) is 11.0. The van der Waals surface area contributed by atoms with E-state index in [2.05, 4.69) is 10.5 Å². The average molecular weight is 307 g/mol. The Bertz CT molecular complexity index is 819. The number of nitrogens with zero attached hydrogens (tertiary/aromatic N) is 2. The van der Waals surface area contributed by atoms with Crippen LogP contribution in [0.25, 0.3) is 11.1 Å². The highest BCUT2D eigenvalue weighted by Crippen LogP contribution is 2.22. The van der Waals surface area contributed by atoms with Gasteiger partial charge in [0.2, 0.25) is 5.71 Å². The maximum absolute atomic E-state index is 11.0. The van der Waals surface area contributed by atoms with Crippen LogP contribution in [0.4, 0.5) is 5.69 Å². The summed E-state index contributed by atoms with van der Waals surface area (Å²) in [6.45, 7) is 0. The number of aromatic carboxylic acids is 1. The van der Waals surface area contributed by atoms with E-state index < -0.39 is 11.8 Å². The lowest BCUT2D eigenvalue weighted by Crippen LogP contribution is -2.21. The number of hydrazone groups is 1. The van der Waals surface area contributed by atoms with E-state index in [-0.39, 0.29) is 11.3 Å². The number of amidine groups is 1. The van der Waals surface area contributed by atoms with Gasteiger partial charge < -0.3 is 10.8 Å². The van der Waals surface area contributed by atoms with Crippen LogP contribution >= 0.6 is 0 Å². The molecule has 0 radical (unpaired) electrons. The molecular weight excluding hydrogens is 294 g/mol. The van der Waals surface area contributed by atoms with E-state index in [0.717, 1.165) is 11.1 Å². The first-order valence-corrected chi connectivity index (χ1v) is 6.53. The van der Waals surface area contributed by atoms with Crippen molar-refractivity contribution in [1.29, 1.82) is 10.7 Å². The second-order valence-corrected chi connectivity index (χ2v) is 4.56. The van der Waals surface area contributed by atoms with Crippen molar-refractivity contribution in [1.82, 2.24) is 0 Å². The summed E-state index contributed by atoms with van der Waals surface area (Å²) in [7, 11) is 0. The maximum Gasteiger partial charge on any atom is 0.335 e. The number of carboxylic acids is 1. The first kappa shape index (κ1) is 15.7. The predicted octanol–water partition coefficient (Wildman–Crippen LogP) is 2.28. The molecule has 0 saturated heterocycles. The van der Waals surface area contributed by atoms with Gasteiger partial charge in [-0.25, -0.2) is 4.79 Å². The summed E-state index contributed by atoms with van der Waals surface area (Å²) in [5.41, 5.74) is 10.1. The molecule has 2 aromatic rings. The van der Waals surface area contributed by atoms with Crippen molar-refractivity contribution in [3.63, 3.8) is 0 Å². The molecule has 0 spiro atoms. The molecule has 0 aliphatic carbocycles. The second-order valence-electron chi connectivity index (χ2n) is 4.56. The van der Waals surface area contributed by atoms with Crippen molar-refractivity contribution in [2.24, 2.45) is 10.8 Å². The lowest BCUT2D eigenvalue weighted by atomic mass is 10.0. The molecule has 0 bridgehead atoms. The predicted molar refractivity (Wildman–Crippen MR) is 87.4 cm³/mol. The fourth-order valence-electron chi connectivity index (χ4n) is 1.83. The normalized spacial score (nSPS) is 10.7. The van der Waals surface area contributed by atoms with Crippen molar-refractivity contribution >= 4 is 23.2 Å². The quantitative estimate of drug-likeness (QED) is 0.382. The van der Waals surface area contributed by atoms with E-state index in [1.165, 1.54) is 6.07 Å². The minimum absolute atomic E-state index is 0.205. The fraction of sp³-hybridized carbons (Fsp3) is 0. The van der Waals surface area contributed by atoms with Gasteiger partial charge in [0.25, 0.3) is 0 Å². The van der Waals surface area contributed by atoms with Crippen molar-refractivity contribution < 1.29 is 9.90 Å². The Morgan fingerprint density at radius 3 is 2.48 bits per heavy atom. The van der Waals surface area contributed by atoms with Gasteiger partial charge in [-0.05, 0) is 35.4 Å². The molecule has 2 aromatic carbocycles. The molecule has 0 heterocycles. The zero-order valence-electron chi connectivity index (χ0n) is 11.9. The Kier molecular flexibility index (Phi) is 4.69. The number of carboxylic acid groups (broad SMARTS) is 1. The van der Waals surface area contributed by atoms with Crippen molar-refractivity contribution in [2.45, 2.75) is 0 Å². The smallest absolute Gasteiger partial charge is 0.335 e. The van der Waals surface area contributed by atoms with Crippen LogP contribution in [0, 0.1) is 16.7 Å². The third kappa shape index (κ3) is 3.92. The number of hydrogen-bond donors (Lipinski definition) is 4. The standard InChI is InChI=1S/C16H13N5O2/c17-9-14(15(18)19)21-20-13-6-4-10(5-7-13)11-2-1-3-12(8-11)16(22)23/h1-8,20H,(H3,18,19)(H,22,23)/b21-14+. The monoisotopic (exact) mass is 307 g/mol. The van der Waals surface area contributed by atoms with Gasteiger partial charge in [-0.15, -0.1) is 0 Å². The largest absolute Gasteiger partial charge is 0.478 e. The summed E-state index contributed by atoms with van der Waals surface area (Å²) in [5.74, 6) is -1.39. The third-order valence-corrected chi connectivity index (χ3v) is 2.99. The Balaban J connectivity index is 2.20. The maximum atomic E-state index is 11.0. The number of carbonyl (C=O) groups is 1. The van der Waals surface area contributed by atoms with Crippen molar-refractivity contribution in [3.05, 3.63) is 54.1 Å². The molecule has 2 rings (SSSR count). The van der Waals surface area contributed by atoms with E-state index >= 15 is 0 Å². The van der Waals surface area contributed by atoms with E-state index in [9.17, 15) is 4.79 Å². The summed E-state index contributed by atoms with van der Waals surface area (Å²) in [6.07, 6.45) is 0. The first-order valence-electron chi connectivity index (χ1n) is 6.53. The Labute approximate surface area is 132 Å². The van der Waals surface area contributed by atoms with Gasteiger partial charge >= 0.3 is 5.97 Å². The van der Waals surface area contributed by atoms with Gasteiger partial charge in [0.05, 0.1) is 11.3 Å².